The first-order valence-corrected chi connectivity index (χ1v) is 21.5. The van der Waals surface area contributed by atoms with Crippen LogP contribution in [0.2, 0.25) is 0 Å². The number of fused-ring (bicyclic) bond motifs is 2. The maximum atomic E-state index is 14.5. The van der Waals surface area contributed by atoms with E-state index >= 15 is 0 Å². The van der Waals surface area contributed by atoms with Gasteiger partial charge in [0.25, 0.3) is 11.6 Å². The zero-order valence-corrected chi connectivity index (χ0v) is 35.9. The van der Waals surface area contributed by atoms with Crippen LogP contribution in [0.15, 0.2) is 71.9 Å². The van der Waals surface area contributed by atoms with E-state index in [1.54, 1.807) is 18.2 Å². The number of benzene rings is 3. The van der Waals surface area contributed by atoms with Crippen LogP contribution in [0.1, 0.15) is 48.2 Å². The molecule has 61 heavy (non-hydrogen) atoms. The minimum atomic E-state index is -0.567. The number of hydrogen-bond donors (Lipinski definition) is 3. The third kappa shape index (κ3) is 8.34. The van der Waals surface area contributed by atoms with Gasteiger partial charge in [-0.2, -0.15) is 0 Å². The van der Waals surface area contributed by atoms with Crippen molar-refractivity contribution >= 4 is 69.5 Å². The number of carbonyl (C=O) groups excluding carboxylic acids is 1. The van der Waals surface area contributed by atoms with Gasteiger partial charge in [-0.15, -0.1) is 0 Å². The number of nitro groups is 1. The molecule has 0 atom stereocenters. The molecule has 0 unspecified atom stereocenters. The number of piperazine rings is 1. The lowest BCUT2D eigenvalue weighted by Gasteiger charge is -2.62. The van der Waals surface area contributed by atoms with E-state index in [9.17, 15) is 19.3 Å². The first-order chi connectivity index (χ1) is 29.0. The molecule has 1 saturated carbocycles. The molecule has 14 nitrogen and oxygen atoms in total. The van der Waals surface area contributed by atoms with Gasteiger partial charge in [0.05, 0.1) is 28.7 Å². The highest BCUT2D eigenvalue weighted by Gasteiger charge is 2.54. The fourth-order valence-electron chi connectivity index (χ4n) is 9.11. The Bertz CT molecular complexity index is 2530. The standard InChI is InChI=1S/C42H48B3FN8O6S/c1-40(2)23-58-37-31(40)11-24(12-36(37)60-42(43,44)45)20-51-7-9-52(10-8-51)26-16-41(17-26)21-53(22-41)25-3-5-29(39(55)50-61-28-4-6-33(47)34(15-28)54(56)57)35(13-25)59-27-14-30-32(46)19-49-38(30)48-18-27/h3-6,11-15,18-19,26H,7-10,16-17,20-23,43-45,47H2,1-2H3,(H,48,49)(H,50,55). The minimum absolute atomic E-state index is 0.0313. The summed E-state index contributed by atoms with van der Waals surface area (Å²) < 4.78 is 36.0. The summed E-state index contributed by atoms with van der Waals surface area (Å²) in [5.41, 5.74) is 9.76. The number of nitrogens with zero attached hydrogens (tertiary/aromatic N) is 5. The van der Waals surface area contributed by atoms with E-state index < -0.39 is 16.6 Å². The van der Waals surface area contributed by atoms with Gasteiger partial charge in [0, 0.05) is 102 Å². The molecule has 4 aliphatic rings. The van der Waals surface area contributed by atoms with Gasteiger partial charge in [-0.05, 0) is 72.8 Å². The minimum Gasteiger partial charge on any atom is -0.510 e. The third-order valence-electron chi connectivity index (χ3n) is 12.3. The number of amides is 1. The molecule has 9 rings (SSSR count). The first-order valence-electron chi connectivity index (χ1n) is 20.7. The number of anilines is 2. The Hall–Kier alpha value is -5.39. The topological polar surface area (TPSA) is 164 Å². The van der Waals surface area contributed by atoms with E-state index in [4.69, 9.17) is 19.9 Å². The maximum Gasteiger partial charge on any atom is 0.293 e. The average molecular weight is 844 g/mol. The molecule has 0 radical (unpaired) electrons. The lowest BCUT2D eigenvalue weighted by Crippen LogP contribution is -2.68. The molecule has 19 heteroatoms. The van der Waals surface area contributed by atoms with Crippen molar-refractivity contribution in [2.24, 2.45) is 5.41 Å². The van der Waals surface area contributed by atoms with Gasteiger partial charge < -0.3 is 29.8 Å². The van der Waals surface area contributed by atoms with Gasteiger partial charge in [0.2, 0.25) is 0 Å². The molecule has 0 bridgehead atoms. The highest BCUT2D eigenvalue weighted by molar-refractivity contribution is 7.98. The summed E-state index contributed by atoms with van der Waals surface area (Å²) in [5.74, 6) is 1.34. The van der Waals surface area contributed by atoms with Crippen LogP contribution < -0.4 is 29.6 Å². The number of nitro benzene ring substituents is 1. The largest absolute Gasteiger partial charge is 0.510 e. The summed E-state index contributed by atoms with van der Waals surface area (Å²) in [6.07, 6.45) is 5.00. The van der Waals surface area contributed by atoms with Crippen LogP contribution in [0.5, 0.6) is 23.0 Å². The number of carbonyl (C=O) groups is 1. The van der Waals surface area contributed by atoms with Crippen molar-refractivity contribution in [1.29, 1.82) is 0 Å². The van der Waals surface area contributed by atoms with Crippen LogP contribution in [0.3, 0.4) is 0 Å². The normalized spacial score (nSPS) is 18.6. The number of H-pyrrole nitrogens is 1. The van der Waals surface area contributed by atoms with E-state index in [2.05, 4.69) is 78.9 Å². The van der Waals surface area contributed by atoms with Crippen molar-refractivity contribution in [2.45, 2.75) is 54.9 Å². The molecule has 1 aliphatic carbocycles. The quantitative estimate of drug-likeness (QED) is 0.0549. The Labute approximate surface area is 360 Å². The van der Waals surface area contributed by atoms with Gasteiger partial charge in [-0.3, -0.25) is 29.4 Å². The molecule has 5 heterocycles. The molecule has 3 aromatic carbocycles. The molecule has 4 N–H and O–H groups in total. The van der Waals surface area contributed by atoms with Crippen LogP contribution in [0, 0.1) is 21.3 Å². The lowest BCUT2D eigenvalue weighted by atomic mass is 9.52. The second-order valence-electron chi connectivity index (χ2n) is 18.6. The molecule has 314 valence electrons. The Morgan fingerprint density at radius 2 is 1.87 bits per heavy atom. The second-order valence-corrected chi connectivity index (χ2v) is 19.5. The molecule has 2 saturated heterocycles. The van der Waals surface area contributed by atoms with E-state index in [1.165, 1.54) is 35.7 Å². The monoisotopic (exact) mass is 844 g/mol. The number of pyridine rings is 1. The van der Waals surface area contributed by atoms with Crippen LogP contribution >= 0.6 is 11.9 Å². The Kier molecular flexibility index (Phi) is 10.4. The molecule has 1 amide bonds. The van der Waals surface area contributed by atoms with Gasteiger partial charge in [-0.1, -0.05) is 13.8 Å². The number of nitrogens with two attached hydrogens (primary N) is 1. The number of nitrogen functional groups attached to an aromatic ring is 1. The summed E-state index contributed by atoms with van der Waals surface area (Å²) in [6.45, 7) is 11.9. The molecular weight excluding hydrogens is 796 g/mol. The van der Waals surface area contributed by atoms with Crippen molar-refractivity contribution in [3.8, 4) is 23.0 Å². The number of rotatable bonds is 12. The van der Waals surface area contributed by atoms with E-state index in [1.807, 2.05) is 12.1 Å². The Morgan fingerprint density at radius 3 is 2.61 bits per heavy atom. The third-order valence-corrected chi connectivity index (χ3v) is 13.1. The number of aromatic amines is 1. The summed E-state index contributed by atoms with van der Waals surface area (Å²) in [4.78, 5) is 39.5. The van der Waals surface area contributed by atoms with Crippen LogP contribution in [-0.4, -0.2) is 111 Å². The number of aromatic nitrogens is 2. The fraction of sp³-hybridized carbons (Fsp3) is 0.381. The van der Waals surface area contributed by atoms with Gasteiger partial charge >= 0.3 is 0 Å². The Morgan fingerprint density at radius 1 is 1.10 bits per heavy atom. The molecule has 3 fully saturated rings. The summed E-state index contributed by atoms with van der Waals surface area (Å²) in [7, 11) is 6.22. The average Bonchev–Trinajstić information content (AvgIpc) is 3.70. The number of halogens is 1. The Balaban J connectivity index is 0.828. The van der Waals surface area contributed by atoms with E-state index in [-0.39, 0.29) is 50.0 Å². The smallest absolute Gasteiger partial charge is 0.293 e. The van der Waals surface area contributed by atoms with Crippen molar-refractivity contribution < 1.29 is 28.3 Å². The maximum absolute atomic E-state index is 14.5. The van der Waals surface area contributed by atoms with E-state index in [0.717, 1.165) is 87.8 Å². The summed E-state index contributed by atoms with van der Waals surface area (Å²) in [6, 6.07) is 16.4. The molecule has 1 spiro atoms. The number of nitrogens with one attached hydrogen (secondary N) is 2. The van der Waals surface area contributed by atoms with Gasteiger partial charge in [-0.25, -0.2) is 9.37 Å². The predicted octanol–water partition coefficient (Wildman–Crippen LogP) is 3.77. The van der Waals surface area contributed by atoms with E-state index in [0.29, 0.717) is 23.2 Å². The molecule has 3 aliphatic heterocycles. The van der Waals surface area contributed by atoms with Crippen molar-refractivity contribution in [3.63, 3.8) is 0 Å². The molecule has 5 aromatic rings. The zero-order chi connectivity index (χ0) is 42.8. The fourth-order valence-corrected chi connectivity index (χ4v) is 9.73. The SMILES string of the molecule is BC(B)(B)Oc1cc(CN2CCN(C3CC4(C3)CN(c3ccc(C(=O)NSc5ccc(N)c([N+](=O)[O-])c5)c(Oc5cnc6[nH]cc(F)c6c5)c3)C4)CC2)cc2c1OCC2(C)C. The van der Waals surface area contributed by atoms with Crippen LogP contribution in [0.25, 0.3) is 11.0 Å². The van der Waals surface area contributed by atoms with Gasteiger partial charge in [0.15, 0.2) is 11.5 Å². The van der Waals surface area contributed by atoms with Crippen molar-refractivity contribution in [2.75, 3.05) is 56.5 Å². The van der Waals surface area contributed by atoms with Crippen molar-refractivity contribution in [1.82, 2.24) is 24.5 Å². The lowest BCUT2D eigenvalue weighted by molar-refractivity contribution is -0.384. The van der Waals surface area contributed by atoms with Gasteiger partial charge in [0.1, 0.15) is 52.2 Å². The molecule has 2 aromatic heterocycles. The predicted molar refractivity (Wildman–Crippen MR) is 242 cm³/mol. The highest BCUT2D eigenvalue weighted by Crippen LogP contribution is 2.52. The van der Waals surface area contributed by atoms with Crippen molar-refractivity contribution in [3.05, 3.63) is 99.6 Å². The number of hydrogen-bond acceptors (Lipinski definition) is 12. The summed E-state index contributed by atoms with van der Waals surface area (Å²) in [5, 5.41) is 11.4. The van der Waals surface area contributed by atoms with Crippen LogP contribution in [-0.2, 0) is 12.0 Å². The first kappa shape index (κ1) is 41.0. The zero-order valence-electron chi connectivity index (χ0n) is 35.0. The number of ether oxygens (including phenoxy) is 3. The highest BCUT2D eigenvalue weighted by atomic mass is 32.2. The molecular formula is C42H48B3FN8O6S. The second kappa shape index (κ2) is 15.5. The van der Waals surface area contributed by atoms with Crippen LogP contribution in [0.4, 0.5) is 21.5 Å². The summed E-state index contributed by atoms with van der Waals surface area (Å²) >= 11 is 0.931.